The van der Waals surface area contributed by atoms with E-state index in [2.05, 4.69) is 41.4 Å². The van der Waals surface area contributed by atoms with Crippen LogP contribution in [-0.4, -0.2) is 30.8 Å². The molecule has 1 amide bonds. The van der Waals surface area contributed by atoms with E-state index in [-0.39, 0.29) is 12.1 Å². The lowest BCUT2D eigenvalue weighted by atomic mass is 10.2. The van der Waals surface area contributed by atoms with E-state index in [0.29, 0.717) is 0 Å². The highest BCUT2D eigenvalue weighted by Crippen LogP contribution is 2.21. The van der Waals surface area contributed by atoms with Crippen LogP contribution in [0.2, 0.25) is 0 Å². The maximum atomic E-state index is 11.8. The molecule has 0 bridgehead atoms. The number of carbonyl (C=O) groups excluding carboxylic acids is 1. The molecule has 0 spiro atoms. The first-order chi connectivity index (χ1) is 9.33. The Balaban J connectivity index is 1.88. The first-order valence-electron chi connectivity index (χ1n) is 7.14. The van der Waals surface area contributed by atoms with Gasteiger partial charge in [-0.2, -0.15) is 0 Å². The van der Waals surface area contributed by atoms with Gasteiger partial charge in [0.1, 0.15) is 5.60 Å². The highest BCUT2D eigenvalue weighted by Gasteiger charge is 2.26. The van der Waals surface area contributed by atoms with Gasteiger partial charge in [-0.3, -0.25) is 0 Å². The van der Waals surface area contributed by atoms with E-state index in [0.717, 1.165) is 19.5 Å². The summed E-state index contributed by atoms with van der Waals surface area (Å²) in [6, 6.07) is 8.61. The minimum Gasteiger partial charge on any atom is -0.444 e. The van der Waals surface area contributed by atoms with Crippen LogP contribution in [0.3, 0.4) is 0 Å². The van der Waals surface area contributed by atoms with Crippen molar-refractivity contribution in [3.63, 3.8) is 0 Å². The predicted octanol–water partition coefficient (Wildman–Crippen LogP) is 3.10. The summed E-state index contributed by atoms with van der Waals surface area (Å²) in [4.78, 5) is 14.1. The molecule has 1 heterocycles. The molecular weight excluding hydrogens is 252 g/mol. The molecule has 0 radical (unpaired) electrons. The summed E-state index contributed by atoms with van der Waals surface area (Å²) in [6.45, 7) is 9.52. The van der Waals surface area contributed by atoms with Gasteiger partial charge in [-0.25, -0.2) is 4.79 Å². The van der Waals surface area contributed by atoms with Crippen molar-refractivity contribution in [1.82, 2.24) is 5.32 Å². The highest BCUT2D eigenvalue weighted by molar-refractivity contribution is 5.68. The number of rotatable bonds is 2. The zero-order valence-corrected chi connectivity index (χ0v) is 12.8. The van der Waals surface area contributed by atoms with Gasteiger partial charge in [-0.05, 0) is 51.8 Å². The lowest BCUT2D eigenvalue weighted by Gasteiger charge is -2.22. The van der Waals surface area contributed by atoms with Crippen molar-refractivity contribution in [2.24, 2.45) is 0 Å². The largest absolute Gasteiger partial charge is 0.444 e. The lowest BCUT2D eigenvalue weighted by Crippen LogP contribution is -2.40. The number of nitrogens with zero attached hydrogens (tertiary/aromatic N) is 1. The average molecular weight is 276 g/mol. The van der Waals surface area contributed by atoms with Crippen LogP contribution in [0.25, 0.3) is 0 Å². The van der Waals surface area contributed by atoms with Gasteiger partial charge in [-0.15, -0.1) is 0 Å². The van der Waals surface area contributed by atoms with E-state index < -0.39 is 5.60 Å². The number of nitrogens with one attached hydrogen (secondary N) is 1. The second kappa shape index (κ2) is 5.73. The number of anilines is 1. The third kappa shape index (κ3) is 4.15. The molecule has 1 N–H and O–H groups in total. The van der Waals surface area contributed by atoms with E-state index in [4.69, 9.17) is 4.74 Å². The summed E-state index contributed by atoms with van der Waals surface area (Å²) >= 11 is 0. The Labute approximate surface area is 121 Å². The molecule has 1 aliphatic heterocycles. The molecule has 4 nitrogen and oxygen atoms in total. The zero-order chi connectivity index (χ0) is 14.8. The van der Waals surface area contributed by atoms with Crippen LogP contribution >= 0.6 is 0 Å². The van der Waals surface area contributed by atoms with E-state index in [9.17, 15) is 4.79 Å². The molecule has 1 fully saturated rings. The predicted molar refractivity (Wildman–Crippen MR) is 81.2 cm³/mol. The number of carbonyl (C=O) groups is 1. The summed E-state index contributed by atoms with van der Waals surface area (Å²) in [5.41, 5.74) is 2.03. The summed E-state index contributed by atoms with van der Waals surface area (Å²) < 4.78 is 5.29. The Kier molecular flexibility index (Phi) is 4.21. The maximum Gasteiger partial charge on any atom is 0.407 e. The Morgan fingerprint density at radius 2 is 2.15 bits per heavy atom. The fourth-order valence-corrected chi connectivity index (χ4v) is 2.41. The van der Waals surface area contributed by atoms with Crippen molar-refractivity contribution in [1.29, 1.82) is 0 Å². The summed E-state index contributed by atoms with van der Waals surface area (Å²) in [7, 11) is 0. The smallest absolute Gasteiger partial charge is 0.407 e. The summed E-state index contributed by atoms with van der Waals surface area (Å²) in [5, 5.41) is 2.95. The zero-order valence-electron chi connectivity index (χ0n) is 12.8. The third-order valence-electron chi connectivity index (χ3n) is 3.28. The van der Waals surface area contributed by atoms with Gasteiger partial charge >= 0.3 is 6.09 Å². The first-order valence-corrected chi connectivity index (χ1v) is 7.14. The minimum atomic E-state index is -0.446. The van der Waals surface area contributed by atoms with Crippen LogP contribution < -0.4 is 10.2 Å². The molecule has 4 heteroatoms. The molecule has 1 aliphatic rings. The molecule has 110 valence electrons. The number of aryl methyl sites for hydroxylation is 1. The Bertz CT molecular complexity index is 480. The number of hydrogen-bond donors (Lipinski definition) is 1. The molecular formula is C16H24N2O2. The third-order valence-corrected chi connectivity index (χ3v) is 3.28. The normalized spacial score (nSPS) is 19.0. The van der Waals surface area contributed by atoms with E-state index in [1.54, 1.807) is 0 Å². The van der Waals surface area contributed by atoms with E-state index in [1.807, 2.05) is 20.8 Å². The topological polar surface area (TPSA) is 41.6 Å². The van der Waals surface area contributed by atoms with Crippen LogP contribution in [-0.2, 0) is 4.74 Å². The van der Waals surface area contributed by atoms with E-state index in [1.165, 1.54) is 11.3 Å². The molecule has 1 aromatic rings. The van der Waals surface area contributed by atoms with Gasteiger partial charge in [0.05, 0.1) is 6.04 Å². The Morgan fingerprint density at radius 1 is 1.40 bits per heavy atom. The number of alkyl carbamates (subject to hydrolysis) is 1. The molecule has 1 atom stereocenters. The fraction of sp³-hybridized carbons (Fsp3) is 0.562. The standard InChI is InChI=1S/C16H24N2O2/c1-12-6-5-7-14(10-12)18-9-8-13(11-18)17-15(19)20-16(2,3)4/h5-7,10,13H,8-9,11H2,1-4H3,(H,17,19). The number of ether oxygens (including phenoxy) is 1. The van der Waals surface area contributed by atoms with Gasteiger partial charge in [0.25, 0.3) is 0 Å². The van der Waals surface area contributed by atoms with Crippen molar-refractivity contribution in [2.45, 2.75) is 45.8 Å². The SMILES string of the molecule is Cc1cccc(N2CCC(NC(=O)OC(C)(C)C)C2)c1. The molecule has 0 saturated carbocycles. The fourth-order valence-electron chi connectivity index (χ4n) is 2.41. The van der Waals surface area contributed by atoms with Crippen LogP contribution in [0.5, 0.6) is 0 Å². The lowest BCUT2D eigenvalue weighted by molar-refractivity contribution is 0.0509. The summed E-state index contributed by atoms with van der Waals surface area (Å²) in [5.74, 6) is 0. The van der Waals surface area contributed by atoms with Gasteiger partial charge in [0.2, 0.25) is 0 Å². The van der Waals surface area contributed by atoms with Crippen molar-refractivity contribution in [2.75, 3.05) is 18.0 Å². The number of benzene rings is 1. The van der Waals surface area contributed by atoms with Gasteiger partial charge in [0.15, 0.2) is 0 Å². The first kappa shape index (κ1) is 14.7. The van der Waals surface area contributed by atoms with Crippen LogP contribution in [0.4, 0.5) is 10.5 Å². The van der Waals surface area contributed by atoms with Gasteiger partial charge < -0.3 is 15.0 Å². The number of hydrogen-bond acceptors (Lipinski definition) is 3. The molecule has 0 aliphatic carbocycles. The van der Waals surface area contributed by atoms with Crippen molar-refractivity contribution < 1.29 is 9.53 Å². The van der Waals surface area contributed by atoms with Crippen LogP contribution in [0.1, 0.15) is 32.8 Å². The van der Waals surface area contributed by atoms with Crippen LogP contribution in [0.15, 0.2) is 24.3 Å². The molecule has 1 unspecified atom stereocenters. The summed E-state index contributed by atoms with van der Waals surface area (Å²) in [6.07, 6.45) is 0.626. The molecule has 1 aromatic carbocycles. The Hall–Kier alpha value is -1.71. The van der Waals surface area contributed by atoms with Gasteiger partial charge in [0, 0.05) is 18.8 Å². The molecule has 2 rings (SSSR count). The molecule has 20 heavy (non-hydrogen) atoms. The van der Waals surface area contributed by atoms with E-state index >= 15 is 0 Å². The highest BCUT2D eigenvalue weighted by atomic mass is 16.6. The Morgan fingerprint density at radius 3 is 2.80 bits per heavy atom. The molecule has 0 aromatic heterocycles. The second-order valence-corrected chi connectivity index (χ2v) is 6.42. The monoisotopic (exact) mass is 276 g/mol. The minimum absolute atomic E-state index is 0.158. The van der Waals surface area contributed by atoms with Gasteiger partial charge in [-0.1, -0.05) is 12.1 Å². The van der Waals surface area contributed by atoms with Crippen LogP contribution in [0, 0.1) is 6.92 Å². The van der Waals surface area contributed by atoms with Crippen molar-refractivity contribution in [3.05, 3.63) is 29.8 Å². The average Bonchev–Trinajstić information content (AvgIpc) is 2.74. The molecule has 1 saturated heterocycles. The maximum absolute atomic E-state index is 11.8. The van der Waals surface area contributed by atoms with Crippen molar-refractivity contribution >= 4 is 11.8 Å². The quantitative estimate of drug-likeness (QED) is 0.902. The number of amides is 1. The second-order valence-electron chi connectivity index (χ2n) is 6.42. The van der Waals surface area contributed by atoms with Crippen molar-refractivity contribution in [3.8, 4) is 0 Å².